The van der Waals surface area contributed by atoms with Crippen LogP contribution in [0.3, 0.4) is 0 Å². The summed E-state index contributed by atoms with van der Waals surface area (Å²) in [6.45, 7) is 1.87. The van der Waals surface area contributed by atoms with Gasteiger partial charge in [0.15, 0.2) is 0 Å². The van der Waals surface area contributed by atoms with Crippen LogP contribution in [-0.2, 0) is 27.8 Å². The maximum Gasteiger partial charge on any atom is 0.240 e. The van der Waals surface area contributed by atoms with E-state index < -0.39 is 10.0 Å². The molecule has 2 N–H and O–H groups in total. The number of carbonyl (C=O) groups is 1. The molecule has 2 heterocycles. The fourth-order valence-electron chi connectivity index (χ4n) is 2.15. The average molecular weight is 318 g/mol. The minimum absolute atomic E-state index is 0.0594. The lowest BCUT2D eigenvalue weighted by Crippen LogP contribution is -2.24. The van der Waals surface area contributed by atoms with E-state index >= 15 is 0 Å². The van der Waals surface area contributed by atoms with Crippen LogP contribution in [0.1, 0.15) is 17.0 Å². The van der Waals surface area contributed by atoms with Gasteiger partial charge in [-0.15, -0.1) is 0 Å². The summed E-state index contributed by atoms with van der Waals surface area (Å²) in [7, 11) is -3.66. The molecule has 22 heavy (non-hydrogen) atoms. The molecule has 1 aliphatic heterocycles. The molecule has 7 nitrogen and oxygen atoms in total. The van der Waals surface area contributed by atoms with Gasteiger partial charge in [-0.05, 0) is 42.8 Å². The summed E-state index contributed by atoms with van der Waals surface area (Å²) in [5, 5.41) is 10.5. The Kier molecular flexibility index (Phi) is 3.63. The number of hydrogen-bond acceptors (Lipinski definition) is 5. The number of rotatable bonds is 4. The summed E-state index contributed by atoms with van der Waals surface area (Å²) >= 11 is 0. The van der Waals surface area contributed by atoms with Gasteiger partial charge in [0, 0.05) is 5.69 Å². The van der Waals surface area contributed by atoms with E-state index in [4.69, 9.17) is 0 Å². The molecule has 1 aromatic heterocycles. The van der Waals surface area contributed by atoms with Crippen molar-refractivity contribution < 1.29 is 13.2 Å². The molecule has 0 unspecified atom stereocenters. The Labute approximate surface area is 127 Å². The van der Waals surface area contributed by atoms with Crippen molar-refractivity contribution in [1.82, 2.24) is 14.9 Å². The number of aromatic nitrogens is 2. The Morgan fingerprint density at radius 2 is 2.05 bits per heavy atom. The molecule has 0 radical (unpaired) electrons. The monoisotopic (exact) mass is 318 g/mol. The van der Waals surface area contributed by atoms with Crippen LogP contribution >= 0.6 is 0 Å². The minimum atomic E-state index is -3.66. The number of fused-ring (bicyclic) bond motifs is 1. The Bertz CT molecular complexity index is 832. The summed E-state index contributed by atoms with van der Waals surface area (Å²) in [5.74, 6) is -0.132. The maximum absolute atomic E-state index is 12.3. The van der Waals surface area contributed by atoms with E-state index in [1.165, 1.54) is 12.1 Å². The van der Waals surface area contributed by atoms with Crippen LogP contribution in [0.15, 0.2) is 35.2 Å². The van der Waals surface area contributed by atoms with E-state index in [0.29, 0.717) is 16.9 Å². The molecule has 0 saturated heterocycles. The topological polar surface area (TPSA) is 101 Å². The Morgan fingerprint density at radius 1 is 1.23 bits per heavy atom. The van der Waals surface area contributed by atoms with Crippen molar-refractivity contribution in [1.29, 1.82) is 0 Å². The molecule has 2 aromatic rings. The zero-order chi connectivity index (χ0) is 15.7. The maximum atomic E-state index is 12.3. The highest BCUT2D eigenvalue weighted by molar-refractivity contribution is 7.89. The zero-order valence-corrected chi connectivity index (χ0v) is 12.6. The largest absolute Gasteiger partial charge is 0.326 e. The number of nitrogens with one attached hydrogen (secondary N) is 2. The van der Waals surface area contributed by atoms with Crippen LogP contribution in [0.5, 0.6) is 0 Å². The lowest BCUT2D eigenvalue weighted by molar-refractivity contribution is -0.115. The van der Waals surface area contributed by atoms with Crippen LogP contribution in [0.2, 0.25) is 0 Å². The first kappa shape index (κ1) is 14.6. The average Bonchev–Trinajstić information content (AvgIpc) is 2.86. The van der Waals surface area contributed by atoms with Crippen LogP contribution in [0.25, 0.3) is 0 Å². The van der Waals surface area contributed by atoms with E-state index in [2.05, 4.69) is 20.2 Å². The first-order chi connectivity index (χ1) is 10.4. The van der Waals surface area contributed by atoms with Crippen molar-refractivity contribution in [2.45, 2.75) is 24.8 Å². The van der Waals surface area contributed by atoms with Crippen molar-refractivity contribution in [2.24, 2.45) is 0 Å². The third kappa shape index (κ3) is 2.97. The predicted octanol–water partition coefficient (Wildman–Crippen LogP) is 0.758. The third-order valence-corrected chi connectivity index (χ3v) is 4.71. The van der Waals surface area contributed by atoms with Crippen molar-refractivity contribution in [3.8, 4) is 0 Å². The number of aryl methyl sites for hydroxylation is 1. The number of hydrogen-bond donors (Lipinski definition) is 2. The fraction of sp³-hybridized carbons (Fsp3) is 0.214. The molecule has 114 valence electrons. The zero-order valence-electron chi connectivity index (χ0n) is 11.8. The molecule has 1 aromatic carbocycles. The van der Waals surface area contributed by atoms with E-state index in [1.54, 1.807) is 25.1 Å². The molecule has 0 fully saturated rings. The van der Waals surface area contributed by atoms with Gasteiger partial charge >= 0.3 is 0 Å². The van der Waals surface area contributed by atoms with Gasteiger partial charge in [0.2, 0.25) is 15.9 Å². The Morgan fingerprint density at radius 3 is 2.77 bits per heavy atom. The van der Waals surface area contributed by atoms with Gasteiger partial charge in [-0.2, -0.15) is 10.2 Å². The second kappa shape index (κ2) is 5.47. The molecule has 1 aliphatic rings. The number of sulfonamides is 1. The number of amides is 1. The number of nitrogens with zero attached hydrogens (tertiary/aromatic N) is 2. The van der Waals surface area contributed by atoms with Gasteiger partial charge in [-0.3, -0.25) is 4.79 Å². The van der Waals surface area contributed by atoms with Gasteiger partial charge in [0.05, 0.1) is 29.2 Å². The van der Waals surface area contributed by atoms with E-state index in [0.717, 1.165) is 5.69 Å². The smallest absolute Gasteiger partial charge is 0.240 e. The van der Waals surface area contributed by atoms with Crippen molar-refractivity contribution in [3.63, 3.8) is 0 Å². The third-order valence-electron chi connectivity index (χ3n) is 3.31. The molecular formula is C14H14N4O3S. The second-order valence-electron chi connectivity index (χ2n) is 5.03. The fourth-order valence-corrected chi connectivity index (χ4v) is 3.20. The van der Waals surface area contributed by atoms with E-state index in [9.17, 15) is 13.2 Å². The molecular weight excluding hydrogens is 304 g/mol. The summed E-state index contributed by atoms with van der Waals surface area (Å²) in [6, 6.07) is 8.06. The van der Waals surface area contributed by atoms with Crippen molar-refractivity contribution >= 4 is 21.6 Å². The Hall–Kier alpha value is -2.32. The van der Waals surface area contributed by atoms with Gasteiger partial charge in [-0.1, -0.05) is 0 Å². The standard InChI is InChI=1S/C14H14N4O3S/c1-9-2-3-11(18-17-9)8-15-22(20,21)12-4-5-13-10(6-12)7-14(19)16-13/h2-6,15H,7-8H2,1H3,(H,16,19). The quantitative estimate of drug-likeness (QED) is 0.866. The highest BCUT2D eigenvalue weighted by atomic mass is 32.2. The summed E-state index contributed by atoms with van der Waals surface area (Å²) in [6.07, 6.45) is 0.197. The summed E-state index contributed by atoms with van der Waals surface area (Å²) < 4.78 is 27.1. The summed E-state index contributed by atoms with van der Waals surface area (Å²) in [4.78, 5) is 11.4. The van der Waals surface area contributed by atoms with E-state index in [1.807, 2.05) is 0 Å². The van der Waals surface area contributed by atoms with E-state index in [-0.39, 0.29) is 23.8 Å². The molecule has 0 atom stereocenters. The van der Waals surface area contributed by atoms with Gasteiger partial charge in [-0.25, -0.2) is 13.1 Å². The first-order valence-corrected chi connectivity index (χ1v) is 8.14. The van der Waals surface area contributed by atoms with Crippen LogP contribution in [0.4, 0.5) is 5.69 Å². The molecule has 8 heteroatoms. The SMILES string of the molecule is Cc1ccc(CNS(=O)(=O)c2ccc3c(c2)CC(=O)N3)nn1. The van der Waals surface area contributed by atoms with Crippen LogP contribution < -0.4 is 10.0 Å². The second-order valence-corrected chi connectivity index (χ2v) is 6.80. The summed E-state index contributed by atoms with van der Waals surface area (Å²) in [5.41, 5.74) is 2.64. The van der Waals surface area contributed by atoms with Crippen molar-refractivity contribution in [3.05, 3.63) is 47.3 Å². The number of carbonyl (C=O) groups excluding carboxylic acids is 1. The highest BCUT2D eigenvalue weighted by Gasteiger charge is 2.21. The lowest BCUT2D eigenvalue weighted by atomic mass is 10.2. The number of anilines is 1. The normalized spacial score (nSPS) is 13.8. The van der Waals surface area contributed by atoms with Crippen LogP contribution in [-0.4, -0.2) is 24.5 Å². The highest BCUT2D eigenvalue weighted by Crippen LogP contribution is 2.25. The minimum Gasteiger partial charge on any atom is -0.326 e. The molecule has 0 bridgehead atoms. The van der Waals surface area contributed by atoms with Crippen molar-refractivity contribution in [2.75, 3.05) is 5.32 Å². The molecule has 0 spiro atoms. The van der Waals surface area contributed by atoms with Gasteiger partial charge in [0.25, 0.3) is 0 Å². The van der Waals surface area contributed by atoms with Crippen LogP contribution in [0, 0.1) is 6.92 Å². The Balaban J connectivity index is 1.77. The van der Waals surface area contributed by atoms with Gasteiger partial charge < -0.3 is 5.32 Å². The predicted molar refractivity (Wildman–Crippen MR) is 79.6 cm³/mol. The molecule has 0 saturated carbocycles. The van der Waals surface area contributed by atoms with Gasteiger partial charge in [0.1, 0.15) is 0 Å². The number of benzene rings is 1. The molecule has 0 aliphatic carbocycles. The molecule has 3 rings (SSSR count). The lowest BCUT2D eigenvalue weighted by Gasteiger charge is -2.07. The molecule has 1 amide bonds. The first-order valence-electron chi connectivity index (χ1n) is 6.66.